The summed E-state index contributed by atoms with van der Waals surface area (Å²) in [6.07, 6.45) is 0.707. The zero-order valence-corrected chi connectivity index (χ0v) is 13.0. The van der Waals surface area contributed by atoms with Crippen molar-refractivity contribution in [2.75, 3.05) is 26.9 Å². The second-order valence-corrected chi connectivity index (χ2v) is 7.20. The molecule has 1 aliphatic rings. The predicted octanol–water partition coefficient (Wildman–Crippen LogP) is 1.24. The molecule has 0 aromatic heterocycles. The van der Waals surface area contributed by atoms with Crippen LogP contribution in [-0.2, 0) is 18.6 Å². The topological polar surface area (TPSA) is 81.7 Å². The van der Waals surface area contributed by atoms with E-state index in [-0.39, 0.29) is 17.4 Å². The van der Waals surface area contributed by atoms with Crippen LogP contribution in [0.3, 0.4) is 0 Å². The summed E-state index contributed by atoms with van der Waals surface area (Å²) in [6, 6.07) is 4.27. The van der Waals surface area contributed by atoms with Crippen molar-refractivity contribution in [3.8, 4) is 5.75 Å². The third-order valence-electron chi connectivity index (χ3n) is 3.18. The first kappa shape index (κ1) is 16.1. The summed E-state index contributed by atoms with van der Waals surface area (Å²) < 4.78 is 33.0. The molecular formula is C13H16ClNO5S. The molecule has 1 aromatic carbocycles. The number of halogens is 1. The van der Waals surface area contributed by atoms with Crippen molar-refractivity contribution in [2.24, 2.45) is 0 Å². The van der Waals surface area contributed by atoms with Crippen LogP contribution in [0, 0.1) is 0 Å². The molecule has 1 aliphatic heterocycles. The summed E-state index contributed by atoms with van der Waals surface area (Å²) in [4.78, 5) is 12.1. The van der Waals surface area contributed by atoms with E-state index in [0.717, 1.165) is 0 Å². The highest BCUT2D eigenvalue weighted by Crippen LogP contribution is 2.36. The van der Waals surface area contributed by atoms with Crippen molar-refractivity contribution in [2.45, 2.75) is 17.2 Å². The maximum Gasteiger partial charge on any atom is 0.261 e. The highest BCUT2D eigenvalue weighted by molar-refractivity contribution is 8.13. The van der Waals surface area contributed by atoms with Gasteiger partial charge in [-0.1, -0.05) is 0 Å². The van der Waals surface area contributed by atoms with Crippen molar-refractivity contribution >= 4 is 25.6 Å². The molecule has 2 rings (SSSR count). The molecule has 1 unspecified atom stereocenters. The minimum atomic E-state index is -3.83. The van der Waals surface area contributed by atoms with E-state index in [4.69, 9.17) is 20.2 Å². The first-order valence-corrected chi connectivity index (χ1v) is 8.72. The third-order valence-corrected chi connectivity index (χ3v) is 4.54. The Morgan fingerprint density at radius 1 is 1.52 bits per heavy atom. The molecule has 1 aromatic rings. The fraction of sp³-hybridized carbons (Fsp3) is 0.462. The number of carbonyl (C=O) groups is 1. The molecular weight excluding hydrogens is 318 g/mol. The van der Waals surface area contributed by atoms with Gasteiger partial charge in [0.1, 0.15) is 18.3 Å². The molecule has 8 heteroatoms. The smallest absolute Gasteiger partial charge is 0.261 e. The van der Waals surface area contributed by atoms with Gasteiger partial charge < -0.3 is 14.8 Å². The Hall–Kier alpha value is -1.31. The van der Waals surface area contributed by atoms with Gasteiger partial charge in [0.15, 0.2) is 0 Å². The monoisotopic (exact) mass is 333 g/mol. The van der Waals surface area contributed by atoms with Crippen LogP contribution in [0.1, 0.15) is 17.9 Å². The van der Waals surface area contributed by atoms with Gasteiger partial charge in [0.25, 0.3) is 9.05 Å². The van der Waals surface area contributed by atoms with Gasteiger partial charge >= 0.3 is 0 Å². The van der Waals surface area contributed by atoms with E-state index < -0.39 is 15.0 Å². The number of carbonyl (C=O) groups excluding carboxylic acids is 1. The Morgan fingerprint density at radius 3 is 2.95 bits per heavy atom. The van der Waals surface area contributed by atoms with Gasteiger partial charge in [-0.15, -0.1) is 0 Å². The lowest BCUT2D eigenvalue weighted by Gasteiger charge is -2.10. The molecule has 0 saturated heterocycles. The molecule has 0 radical (unpaired) electrons. The van der Waals surface area contributed by atoms with E-state index in [1.54, 1.807) is 7.11 Å². The van der Waals surface area contributed by atoms with Crippen LogP contribution >= 0.6 is 10.7 Å². The van der Waals surface area contributed by atoms with Gasteiger partial charge in [0.2, 0.25) is 5.91 Å². The molecule has 0 aliphatic carbocycles. The van der Waals surface area contributed by atoms with Crippen LogP contribution in [0.15, 0.2) is 23.1 Å². The number of benzene rings is 1. The average molecular weight is 334 g/mol. The fourth-order valence-corrected chi connectivity index (χ4v) is 2.90. The number of methoxy groups -OCH3 is 1. The average Bonchev–Trinajstić information content (AvgIpc) is 2.85. The van der Waals surface area contributed by atoms with Gasteiger partial charge in [0.05, 0.1) is 4.90 Å². The Kier molecular flexibility index (Phi) is 5.08. The summed E-state index contributed by atoms with van der Waals surface area (Å²) in [5.41, 5.74) is 0.543. The van der Waals surface area contributed by atoms with E-state index in [2.05, 4.69) is 5.32 Å². The van der Waals surface area contributed by atoms with E-state index in [1.165, 1.54) is 18.2 Å². The molecule has 116 valence electrons. The normalized spacial score (nSPS) is 17.1. The number of fused-ring (bicyclic) bond motifs is 1. The first-order valence-electron chi connectivity index (χ1n) is 6.41. The molecule has 0 spiro atoms. The molecule has 0 fully saturated rings. The molecule has 0 bridgehead atoms. The summed E-state index contributed by atoms with van der Waals surface area (Å²) in [6.45, 7) is 1.25. The molecule has 0 saturated carbocycles. The van der Waals surface area contributed by atoms with Crippen LogP contribution in [0.4, 0.5) is 0 Å². The van der Waals surface area contributed by atoms with Crippen LogP contribution in [0.25, 0.3) is 0 Å². The number of rotatable bonds is 6. The maximum absolute atomic E-state index is 12.1. The standard InChI is InChI=1S/C13H16ClNO5S/c1-19-6-2-5-15-13(16)11-8-20-12-4-3-9(7-10(11)12)21(14,17)18/h3-4,7,11H,2,5-6,8H2,1H3,(H,15,16). The van der Waals surface area contributed by atoms with Crippen molar-refractivity contribution in [1.29, 1.82) is 0 Å². The van der Waals surface area contributed by atoms with E-state index in [9.17, 15) is 13.2 Å². The van der Waals surface area contributed by atoms with E-state index in [0.29, 0.717) is 30.9 Å². The minimum absolute atomic E-state index is 0.0365. The second kappa shape index (κ2) is 6.64. The SMILES string of the molecule is COCCCNC(=O)C1COc2ccc(S(=O)(=O)Cl)cc21. The lowest BCUT2D eigenvalue weighted by molar-refractivity contribution is -0.122. The Labute approximate surface area is 127 Å². The highest BCUT2D eigenvalue weighted by atomic mass is 35.7. The van der Waals surface area contributed by atoms with E-state index >= 15 is 0 Å². The van der Waals surface area contributed by atoms with Crippen LogP contribution in [0.5, 0.6) is 5.75 Å². The van der Waals surface area contributed by atoms with Crippen molar-refractivity contribution < 1.29 is 22.7 Å². The quantitative estimate of drug-likeness (QED) is 0.625. The maximum atomic E-state index is 12.1. The zero-order valence-electron chi connectivity index (χ0n) is 11.5. The number of hydrogen-bond donors (Lipinski definition) is 1. The Balaban J connectivity index is 2.11. The van der Waals surface area contributed by atoms with Crippen molar-refractivity contribution in [1.82, 2.24) is 5.32 Å². The van der Waals surface area contributed by atoms with Gasteiger partial charge in [-0.2, -0.15) is 0 Å². The largest absolute Gasteiger partial charge is 0.492 e. The molecule has 21 heavy (non-hydrogen) atoms. The summed E-state index contributed by atoms with van der Waals surface area (Å²) in [5, 5.41) is 2.78. The fourth-order valence-electron chi connectivity index (χ4n) is 2.11. The van der Waals surface area contributed by atoms with Gasteiger partial charge in [-0.05, 0) is 24.6 Å². The lowest BCUT2D eigenvalue weighted by Crippen LogP contribution is -2.31. The minimum Gasteiger partial charge on any atom is -0.492 e. The van der Waals surface area contributed by atoms with Crippen molar-refractivity contribution in [3.63, 3.8) is 0 Å². The zero-order chi connectivity index (χ0) is 15.5. The summed E-state index contributed by atoms with van der Waals surface area (Å²) in [7, 11) is 3.09. The summed E-state index contributed by atoms with van der Waals surface area (Å²) >= 11 is 0. The van der Waals surface area contributed by atoms with Gasteiger partial charge in [-0.3, -0.25) is 4.79 Å². The van der Waals surface area contributed by atoms with Crippen LogP contribution < -0.4 is 10.1 Å². The number of hydrogen-bond acceptors (Lipinski definition) is 5. The number of ether oxygens (including phenoxy) is 2. The van der Waals surface area contributed by atoms with Gasteiger partial charge in [0, 0.05) is 36.5 Å². The number of nitrogens with one attached hydrogen (secondary N) is 1. The number of amides is 1. The third kappa shape index (κ3) is 3.87. The Bertz CT molecular complexity index is 631. The molecule has 6 nitrogen and oxygen atoms in total. The predicted molar refractivity (Wildman–Crippen MR) is 77.2 cm³/mol. The van der Waals surface area contributed by atoms with Gasteiger partial charge in [-0.25, -0.2) is 8.42 Å². The van der Waals surface area contributed by atoms with E-state index in [1.807, 2.05) is 0 Å². The van der Waals surface area contributed by atoms with Crippen LogP contribution in [-0.4, -0.2) is 41.2 Å². The lowest BCUT2D eigenvalue weighted by atomic mass is 10.0. The molecule has 1 N–H and O–H groups in total. The molecule has 1 heterocycles. The Morgan fingerprint density at radius 2 is 2.29 bits per heavy atom. The second-order valence-electron chi connectivity index (χ2n) is 4.64. The summed E-state index contributed by atoms with van der Waals surface area (Å²) in [5.74, 6) is -0.217. The first-order chi connectivity index (χ1) is 9.93. The molecule has 1 atom stereocenters. The van der Waals surface area contributed by atoms with Crippen LogP contribution in [0.2, 0.25) is 0 Å². The molecule has 1 amide bonds. The van der Waals surface area contributed by atoms with Crippen molar-refractivity contribution in [3.05, 3.63) is 23.8 Å². The highest BCUT2D eigenvalue weighted by Gasteiger charge is 2.31.